The number of anilines is 1. The van der Waals surface area contributed by atoms with Gasteiger partial charge >= 0.3 is 0 Å². The fourth-order valence-electron chi connectivity index (χ4n) is 3.35. The van der Waals surface area contributed by atoms with Crippen LogP contribution in [0, 0.1) is 6.92 Å². The van der Waals surface area contributed by atoms with E-state index in [-0.39, 0.29) is 0 Å². The summed E-state index contributed by atoms with van der Waals surface area (Å²) in [7, 11) is 0. The van der Waals surface area contributed by atoms with Crippen LogP contribution in [0.4, 0.5) is 5.69 Å². The van der Waals surface area contributed by atoms with E-state index in [1.165, 1.54) is 0 Å². The average molecular weight is 343 g/mol. The van der Waals surface area contributed by atoms with Crippen LogP contribution in [0.3, 0.4) is 0 Å². The first kappa shape index (κ1) is 14.9. The molecule has 3 aromatic heterocycles. The Morgan fingerprint density at radius 1 is 1.08 bits per heavy atom. The quantitative estimate of drug-likeness (QED) is 0.603. The molecule has 0 radical (unpaired) electrons. The van der Waals surface area contributed by atoms with Gasteiger partial charge in [0.05, 0.1) is 17.1 Å². The molecule has 0 unspecified atom stereocenters. The van der Waals surface area contributed by atoms with E-state index < -0.39 is 0 Å². The van der Waals surface area contributed by atoms with Crippen molar-refractivity contribution in [1.29, 1.82) is 0 Å². The molecule has 0 atom stereocenters. The molecule has 26 heavy (non-hydrogen) atoms. The summed E-state index contributed by atoms with van der Waals surface area (Å²) in [5.41, 5.74) is 5.95. The number of benzene rings is 1. The summed E-state index contributed by atoms with van der Waals surface area (Å²) in [6.07, 6.45) is 5.57. The largest absolute Gasteiger partial charge is 0.490 e. The minimum Gasteiger partial charge on any atom is -0.490 e. The molecule has 128 valence electrons. The van der Waals surface area contributed by atoms with Crippen molar-refractivity contribution in [2.75, 3.05) is 18.5 Å². The molecule has 1 aromatic carbocycles. The van der Waals surface area contributed by atoms with Crippen LogP contribution in [0.25, 0.3) is 28.3 Å². The summed E-state index contributed by atoms with van der Waals surface area (Å²) < 4.78 is 7.73. The Bertz CT molecular complexity index is 1120. The zero-order valence-electron chi connectivity index (χ0n) is 14.3. The van der Waals surface area contributed by atoms with E-state index in [0.29, 0.717) is 12.4 Å². The van der Waals surface area contributed by atoms with Crippen LogP contribution in [0.2, 0.25) is 0 Å². The molecule has 0 fully saturated rings. The number of pyridine rings is 1. The summed E-state index contributed by atoms with van der Waals surface area (Å²) >= 11 is 0. The number of nitrogens with zero attached hydrogens (tertiary/aromatic N) is 4. The van der Waals surface area contributed by atoms with Crippen LogP contribution in [0.15, 0.2) is 55.0 Å². The molecular formula is C20H17N5O. The molecule has 1 aliphatic rings. The number of fused-ring (bicyclic) bond motifs is 2. The minimum absolute atomic E-state index is 0.675. The standard InChI is InChI=1S/C20H17N5O/c1-13-11-14(5-7-21-13)18-19(25-9-2-6-23-20(25)24-18)15-3-4-17-16(12-15)22-8-10-26-17/h2-7,9,11-12,22H,8,10H2,1H3. The maximum Gasteiger partial charge on any atom is 0.234 e. The lowest BCUT2D eigenvalue weighted by atomic mass is 10.0. The molecule has 0 aliphatic carbocycles. The van der Waals surface area contributed by atoms with Crippen molar-refractivity contribution in [3.63, 3.8) is 0 Å². The van der Waals surface area contributed by atoms with E-state index in [1.54, 1.807) is 6.20 Å². The van der Waals surface area contributed by atoms with E-state index in [4.69, 9.17) is 9.72 Å². The lowest BCUT2D eigenvalue weighted by Crippen LogP contribution is -2.17. The fourth-order valence-corrected chi connectivity index (χ4v) is 3.35. The molecule has 6 heteroatoms. The highest BCUT2D eigenvalue weighted by atomic mass is 16.5. The number of rotatable bonds is 2. The van der Waals surface area contributed by atoms with Gasteiger partial charge in [-0.15, -0.1) is 0 Å². The monoisotopic (exact) mass is 343 g/mol. The Balaban J connectivity index is 1.77. The third-order valence-corrected chi connectivity index (χ3v) is 4.50. The molecular weight excluding hydrogens is 326 g/mol. The second-order valence-electron chi connectivity index (χ2n) is 6.27. The first-order chi connectivity index (χ1) is 12.8. The van der Waals surface area contributed by atoms with Crippen LogP contribution < -0.4 is 10.1 Å². The number of hydrogen-bond acceptors (Lipinski definition) is 5. The summed E-state index contributed by atoms with van der Waals surface area (Å²) in [5, 5.41) is 3.40. The molecule has 5 rings (SSSR count). The molecule has 4 aromatic rings. The van der Waals surface area contributed by atoms with E-state index in [2.05, 4.69) is 27.4 Å². The lowest BCUT2D eigenvalue weighted by Gasteiger charge is -2.20. The van der Waals surface area contributed by atoms with Gasteiger partial charge in [0.1, 0.15) is 12.4 Å². The van der Waals surface area contributed by atoms with Crippen LogP contribution in [0.1, 0.15) is 5.69 Å². The van der Waals surface area contributed by atoms with Crippen molar-refractivity contribution in [2.45, 2.75) is 6.92 Å². The van der Waals surface area contributed by atoms with E-state index >= 15 is 0 Å². The minimum atomic E-state index is 0.675. The third-order valence-electron chi connectivity index (χ3n) is 4.50. The lowest BCUT2D eigenvalue weighted by molar-refractivity contribution is 0.323. The smallest absolute Gasteiger partial charge is 0.234 e. The molecule has 4 heterocycles. The maximum atomic E-state index is 5.71. The molecule has 0 amide bonds. The number of hydrogen-bond donors (Lipinski definition) is 1. The number of aryl methyl sites for hydroxylation is 1. The predicted octanol–water partition coefficient (Wildman–Crippen LogP) is 3.57. The van der Waals surface area contributed by atoms with Crippen molar-refractivity contribution < 1.29 is 4.74 Å². The van der Waals surface area contributed by atoms with Crippen molar-refractivity contribution in [3.05, 3.63) is 60.7 Å². The van der Waals surface area contributed by atoms with Gasteiger partial charge in [0.2, 0.25) is 5.78 Å². The molecule has 6 nitrogen and oxygen atoms in total. The number of aromatic nitrogens is 4. The summed E-state index contributed by atoms with van der Waals surface area (Å²) in [6.45, 7) is 3.48. The van der Waals surface area contributed by atoms with E-state index in [0.717, 1.165) is 46.2 Å². The molecule has 0 bridgehead atoms. The molecule has 0 saturated heterocycles. The van der Waals surface area contributed by atoms with Gasteiger partial charge < -0.3 is 10.1 Å². The zero-order valence-corrected chi connectivity index (χ0v) is 14.3. The van der Waals surface area contributed by atoms with Gasteiger partial charge in [0.25, 0.3) is 0 Å². The predicted molar refractivity (Wildman–Crippen MR) is 100 cm³/mol. The van der Waals surface area contributed by atoms with Gasteiger partial charge in [-0.25, -0.2) is 9.97 Å². The highest BCUT2D eigenvalue weighted by Gasteiger charge is 2.19. The number of ether oxygens (including phenoxy) is 1. The van der Waals surface area contributed by atoms with Gasteiger partial charge in [-0.05, 0) is 43.3 Å². The normalized spacial score (nSPS) is 13.1. The third kappa shape index (κ3) is 2.38. The van der Waals surface area contributed by atoms with Crippen molar-refractivity contribution in [3.8, 4) is 28.3 Å². The van der Waals surface area contributed by atoms with Gasteiger partial charge in [-0.1, -0.05) is 0 Å². The Hall–Kier alpha value is -3.41. The summed E-state index contributed by atoms with van der Waals surface area (Å²) in [6, 6.07) is 12.1. The highest BCUT2D eigenvalue weighted by molar-refractivity contribution is 5.83. The van der Waals surface area contributed by atoms with Crippen LogP contribution in [-0.4, -0.2) is 32.5 Å². The first-order valence-corrected chi connectivity index (χ1v) is 8.57. The van der Waals surface area contributed by atoms with Gasteiger partial charge in [-0.2, -0.15) is 0 Å². The van der Waals surface area contributed by atoms with Crippen LogP contribution in [0.5, 0.6) is 5.75 Å². The summed E-state index contributed by atoms with van der Waals surface area (Å²) in [4.78, 5) is 13.5. The van der Waals surface area contributed by atoms with E-state index in [9.17, 15) is 0 Å². The second kappa shape index (κ2) is 5.84. The molecule has 1 aliphatic heterocycles. The SMILES string of the molecule is Cc1cc(-c2nc3ncccn3c2-c2ccc3c(c2)NCCO3)ccn1. The number of nitrogens with one attached hydrogen (secondary N) is 1. The number of imidazole rings is 1. The fraction of sp³-hybridized carbons (Fsp3) is 0.150. The van der Waals surface area contributed by atoms with Crippen LogP contribution >= 0.6 is 0 Å². The highest BCUT2D eigenvalue weighted by Crippen LogP contribution is 2.37. The van der Waals surface area contributed by atoms with Gasteiger partial charge in [0.15, 0.2) is 0 Å². The second-order valence-corrected chi connectivity index (χ2v) is 6.27. The van der Waals surface area contributed by atoms with Gasteiger partial charge in [-0.3, -0.25) is 9.38 Å². The maximum absolute atomic E-state index is 5.71. The van der Waals surface area contributed by atoms with Gasteiger partial charge in [0, 0.05) is 42.0 Å². The Morgan fingerprint density at radius 2 is 2.04 bits per heavy atom. The Labute approximate surface area is 150 Å². The molecule has 0 spiro atoms. The summed E-state index contributed by atoms with van der Waals surface area (Å²) in [5.74, 6) is 1.56. The zero-order chi connectivity index (χ0) is 17.5. The van der Waals surface area contributed by atoms with E-state index in [1.807, 2.05) is 48.0 Å². The first-order valence-electron chi connectivity index (χ1n) is 8.57. The Morgan fingerprint density at radius 3 is 2.96 bits per heavy atom. The van der Waals surface area contributed by atoms with Crippen molar-refractivity contribution >= 4 is 11.5 Å². The Kier molecular flexibility index (Phi) is 3.35. The van der Waals surface area contributed by atoms with Crippen molar-refractivity contribution in [2.24, 2.45) is 0 Å². The topological polar surface area (TPSA) is 64.3 Å². The molecule has 1 N–H and O–H groups in total. The van der Waals surface area contributed by atoms with Crippen molar-refractivity contribution in [1.82, 2.24) is 19.4 Å². The van der Waals surface area contributed by atoms with Crippen LogP contribution in [-0.2, 0) is 0 Å². The average Bonchev–Trinajstić information content (AvgIpc) is 3.07. The molecule has 0 saturated carbocycles.